The molecular weight excluding hydrogens is 297 g/mol. The lowest BCUT2D eigenvalue weighted by atomic mass is 10.2. The number of halogens is 2. The van der Waals surface area contributed by atoms with Crippen LogP contribution in [0.4, 0.5) is 9.18 Å². The fourth-order valence-corrected chi connectivity index (χ4v) is 1.58. The average molecular weight is 324 g/mol. The van der Waals surface area contributed by atoms with Crippen molar-refractivity contribution in [1.29, 1.82) is 0 Å². The van der Waals surface area contributed by atoms with Crippen LogP contribution in [0.2, 0.25) is 0 Å². The molecule has 0 aromatic heterocycles. The van der Waals surface area contributed by atoms with E-state index in [0.717, 1.165) is 12.8 Å². The monoisotopic (exact) mass is 323 g/mol. The number of carbonyl (C=O) groups is 1. The Morgan fingerprint density at radius 2 is 1.86 bits per heavy atom. The molecule has 0 aliphatic rings. The average Bonchev–Trinajstić information content (AvgIpc) is 2.29. The first-order valence-corrected chi connectivity index (χ1v) is 7.65. The highest BCUT2D eigenvalue weighted by atomic mass is 35.5. The highest BCUT2D eigenvalue weighted by molar-refractivity contribution is 6.19. The minimum atomic E-state index is -0.806. The Morgan fingerprint density at radius 3 is 2.38 bits per heavy atom. The number of hydrogen-bond acceptors (Lipinski definition) is 3. The van der Waals surface area contributed by atoms with E-state index in [-0.39, 0.29) is 11.7 Å². The summed E-state index contributed by atoms with van der Waals surface area (Å²) in [4.78, 5) is 11.6. The molecule has 0 saturated carbocycles. The van der Waals surface area contributed by atoms with Gasteiger partial charge in [-0.05, 0) is 53.9 Å². The number of amides is 1. The highest BCUT2D eigenvalue weighted by Gasteiger charge is 2.24. The highest BCUT2D eigenvalue weighted by Crippen LogP contribution is 2.11. The summed E-state index contributed by atoms with van der Waals surface area (Å²) in [5.41, 5.74) is -1.35. The van der Waals surface area contributed by atoms with Crippen molar-refractivity contribution in [3.63, 3.8) is 0 Å². The fourth-order valence-electron chi connectivity index (χ4n) is 1.47. The molecule has 0 fully saturated rings. The second kappa shape index (κ2) is 9.26. The quantitative estimate of drug-likeness (QED) is 0.405. The normalized spacial score (nSPS) is 13.2. The number of rotatable bonds is 8. The second-order valence-corrected chi connectivity index (χ2v) is 6.53. The molecule has 0 aliphatic carbocycles. The Kier molecular flexibility index (Phi) is 8.90. The number of hydrogen-bond donors (Lipinski definition) is 1. The van der Waals surface area contributed by atoms with Gasteiger partial charge in [-0.1, -0.05) is 6.08 Å². The zero-order valence-corrected chi connectivity index (χ0v) is 14.3. The third kappa shape index (κ3) is 12.6. The van der Waals surface area contributed by atoms with E-state index in [9.17, 15) is 9.18 Å². The molecule has 0 rings (SSSR count). The van der Waals surface area contributed by atoms with Crippen molar-refractivity contribution >= 4 is 17.7 Å². The third-order valence-corrected chi connectivity index (χ3v) is 2.61. The maximum Gasteiger partial charge on any atom is 0.409 e. The molecule has 0 radical (unpaired) electrons. The van der Waals surface area contributed by atoms with E-state index in [1.807, 2.05) is 0 Å². The van der Waals surface area contributed by atoms with Crippen molar-refractivity contribution < 1.29 is 18.7 Å². The third-order valence-electron chi connectivity index (χ3n) is 2.36. The van der Waals surface area contributed by atoms with Gasteiger partial charge in [-0.15, -0.1) is 11.6 Å². The van der Waals surface area contributed by atoms with E-state index >= 15 is 0 Å². The summed E-state index contributed by atoms with van der Waals surface area (Å²) >= 11 is 5.33. The van der Waals surface area contributed by atoms with Gasteiger partial charge in [0.05, 0.1) is 5.88 Å². The molecule has 0 aromatic carbocycles. The SMILES string of the molecule is CC(C)(C)OC(=O)NC(C)(C)OCCCC/C=C(\F)CCl. The molecule has 0 heterocycles. The van der Waals surface area contributed by atoms with Crippen LogP contribution in [0.15, 0.2) is 11.9 Å². The van der Waals surface area contributed by atoms with Gasteiger partial charge >= 0.3 is 6.09 Å². The second-order valence-electron chi connectivity index (χ2n) is 6.27. The Labute approximate surface area is 132 Å². The van der Waals surface area contributed by atoms with Crippen LogP contribution in [0.5, 0.6) is 0 Å². The Morgan fingerprint density at radius 1 is 1.24 bits per heavy atom. The molecule has 21 heavy (non-hydrogen) atoms. The van der Waals surface area contributed by atoms with E-state index in [1.165, 1.54) is 6.08 Å². The van der Waals surface area contributed by atoms with E-state index in [1.54, 1.807) is 34.6 Å². The van der Waals surface area contributed by atoms with Gasteiger partial charge in [0.2, 0.25) is 0 Å². The summed E-state index contributed by atoms with van der Waals surface area (Å²) in [7, 11) is 0. The molecule has 1 N–H and O–H groups in total. The number of carbonyl (C=O) groups excluding carboxylic acids is 1. The Balaban J connectivity index is 3.90. The zero-order valence-electron chi connectivity index (χ0n) is 13.6. The largest absolute Gasteiger partial charge is 0.444 e. The van der Waals surface area contributed by atoms with Gasteiger partial charge in [0.1, 0.15) is 17.2 Å². The van der Waals surface area contributed by atoms with Crippen molar-refractivity contribution in [2.75, 3.05) is 12.5 Å². The number of alkyl halides is 1. The molecule has 4 nitrogen and oxygen atoms in total. The molecule has 124 valence electrons. The molecular formula is C15H27ClFNO3. The van der Waals surface area contributed by atoms with Crippen LogP contribution in [0.25, 0.3) is 0 Å². The van der Waals surface area contributed by atoms with Gasteiger partial charge in [-0.2, -0.15) is 0 Å². The van der Waals surface area contributed by atoms with Crippen LogP contribution < -0.4 is 5.32 Å². The Bertz CT molecular complexity index is 351. The molecule has 0 unspecified atom stereocenters. The Hall–Kier alpha value is -0.810. The van der Waals surface area contributed by atoms with E-state index < -0.39 is 17.4 Å². The molecule has 0 bridgehead atoms. The van der Waals surface area contributed by atoms with Gasteiger partial charge in [-0.3, -0.25) is 5.32 Å². The summed E-state index contributed by atoms with van der Waals surface area (Å²) in [5.74, 6) is -0.381. The maximum absolute atomic E-state index is 12.7. The van der Waals surface area contributed by atoms with Gasteiger partial charge in [0.15, 0.2) is 0 Å². The molecule has 0 atom stereocenters. The maximum atomic E-state index is 12.7. The summed E-state index contributed by atoms with van der Waals surface area (Å²) in [5, 5.41) is 2.66. The standard InChI is InChI=1S/C15H27ClFNO3/c1-14(2,3)21-13(19)18-15(4,5)20-10-8-6-7-9-12(17)11-16/h9H,6-8,10-11H2,1-5H3,(H,18,19)/b12-9-. The molecule has 1 amide bonds. The van der Waals surface area contributed by atoms with Gasteiger partial charge < -0.3 is 9.47 Å². The number of ether oxygens (including phenoxy) is 2. The van der Waals surface area contributed by atoms with Crippen molar-refractivity contribution in [2.45, 2.75) is 65.2 Å². The van der Waals surface area contributed by atoms with Gasteiger partial charge in [0, 0.05) is 6.61 Å². The lowest BCUT2D eigenvalue weighted by molar-refractivity contribution is -0.0492. The smallest absolute Gasteiger partial charge is 0.409 e. The number of nitrogens with one attached hydrogen (secondary N) is 1. The van der Waals surface area contributed by atoms with Crippen molar-refractivity contribution in [3.05, 3.63) is 11.9 Å². The van der Waals surface area contributed by atoms with Crippen LogP contribution in [-0.2, 0) is 9.47 Å². The first kappa shape index (κ1) is 20.2. The van der Waals surface area contributed by atoms with Crippen molar-refractivity contribution in [2.24, 2.45) is 0 Å². The first-order chi connectivity index (χ1) is 9.56. The number of alkyl carbamates (subject to hydrolysis) is 1. The molecule has 0 aliphatic heterocycles. The van der Waals surface area contributed by atoms with Crippen LogP contribution in [0.1, 0.15) is 53.9 Å². The molecule has 6 heteroatoms. The van der Waals surface area contributed by atoms with Crippen LogP contribution in [0.3, 0.4) is 0 Å². The minimum absolute atomic E-state index is 0.0800. The predicted octanol–water partition coefficient (Wildman–Crippen LogP) is 4.53. The minimum Gasteiger partial charge on any atom is -0.444 e. The van der Waals surface area contributed by atoms with Crippen LogP contribution >= 0.6 is 11.6 Å². The van der Waals surface area contributed by atoms with E-state index in [0.29, 0.717) is 13.0 Å². The van der Waals surface area contributed by atoms with E-state index in [2.05, 4.69) is 5.32 Å². The summed E-state index contributed by atoms with van der Waals surface area (Å²) in [6.45, 7) is 9.38. The van der Waals surface area contributed by atoms with E-state index in [4.69, 9.17) is 21.1 Å². The predicted molar refractivity (Wildman–Crippen MR) is 83.2 cm³/mol. The summed E-state index contributed by atoms with van der Waals surface area (Å²) in [6.07, 6.45) is 3.16. The summed E-state index contributed by atoms with van der Waals surface area (Å²) in [6, 6.07) is 0. The fraction of sp³-hybridized carbons (Fsp3) is 0.800. The topological polar surface area (TPSA) is 47.6 Å². The lowest BCUT2D eigenvalue weighted by Crippen LogP contribution is -2.47. The van der Waals surface area contributed by atoms with Gasteiger partial charge in [-0.25, -0.2) is 9.18 Å². The van der Waals surface area contributed by atoms with Crippen molar-refractivity contribution in [1.82, 2.24) is 5.32 Å². The van der Waals surface area contributed by atoms with Crippen LogP contribution in [0, 0.1) is 0 Å². The number of allylic oxidation sites excluding steroid dienone is 2. The molecule has 0 aromatic rings. The first-order valence-electron chi connectivity index (χ1n) is 7.11. The zero-order chi connectivity index (χ0) is 16.5. The lowest BCUT2D eigenvalue weighted by Gasteiger charge is -2.28. The molecule has 0 spiro atoms. The number of unbranched alkanes of at least 4 members (excludes halogenated alkanes) is 2. The molecule has 0 saturated heterocycles. The van der Waals surface area contributed by atoms with Crippen LogP contribution in [-0.4, -0.2) is 29.9 Å². The van der Waals surface area contributed by atoms with Gasteiger partial charge in [0.25, 0.3) is 0 Å². The summed E-state index contributed by atoms with van der Waals surface area (Å²) < 4.78 is 23.5. The van der Waals surface area contributed by atoms with Crippen molar-refractivity contribution in [3.8, 4) is 0 Å².